The summed E-state index contributed by atoms with van der Waals surface area (Å²) in [5.74, 6) is 2.68. The Kier molecular flexibility index (Phi) is 8.02. The van der Waals surface area contributed by atoms with Gasteiger partial charge in [-0.15, -0.1) is 0 Å². The normalized spacial score (nSPS) is 27.3. The number of carboxylic acids is 1. The van der Waals surface area contributed by atoms with Crippen LogP contribution in [-0.2, 0) is 36.4 Å². The fraction of sp³-hybridized carbons (Fsp3) is 0.400. The first-order valence-electron chi connectivity index (χ1n) is 9.53. The number of carbonyl (C=O) groups is 1. The van der Waals surface area contributed by atoms with Crippen molar-refractivity contribution in [1.82, 2.24) is 14.5 Å². The molecule has 2 aromatic rings. The van der Waals surface area contributed by atoms with Crippen LogP contribution in [0.15, 0.2) is 12.5 Å². The lowest BCUT2D eigenvalue weighted by Gasteiger charge is -2.27. The number of phosphoric ester groups is 1. The SMILES string of the molecule is C[C@@]1(O)[C@H](O)[C@@H](COP(=O)(O)OP(=O)(O)OP(=O)(O)O)O[C@H]1n1cc(C#CC(=O)O)c2c(N)ncnc21. The van der Waals surface area contributed by atoms with E-state index in [-0.39, 0.29) is 22.4 Å². The van der Waals surface area contributed by atoms with Gasteiger partial charge in [-0.05, 0) is 6.92 Å². The number of nitrogens with zero attached hydrogens (tertiary/aromatic N) is 3. The number of aliphatic carboxylic acids is 1. The van der Waals surface area contributed by atoms with Crippen molar-refractivity contribution >= 4 is 46.3 Å². The lowest BCUT2D eigenvalue weighted by atomic mass is 9.96. The smallest absolute Gasteiger partial charge is 0.472 e. The fourth-order valence-electron chi connectivity index (χ4n) is 3.35. The second-order valence-electron chi connectivity index (χ2n) is 7.55. The zero-order valence-electron chi connectivity index (χ0n) is 18.3. The highest BCUT2D eigenvalue weighted by atomic mass is 31.3. The van der Waals surface area contributed by atoms with Crippen molar-refractivity contribution in [1.29, 1.82) is 0 Å². The van der Waals surface area contributed by atoms with Crippen LogP contribution in [-0.4, -0.2) is 79.8 Å². The zero-order valence-corrected chi connectivity index (χ0v) is 20.9. The third kappa shape index (κ3) is 6.79. The first-order chi connectivity index (χ1) is 16.8. The van der Waals surface area contributed by atoms with Crippen LogP contribution in [0.1, 0.15) is 18.7 Å². The number of aromatic nitrogens is 3. The van der Waals surface area contributed by atoms with Crippen LogP contribution in [0, 0.1) is 11.8 Å². The molecule has 0 bridgehead atoms. The summed E-state index contributed by atoms with van der Waals surface area (Å²) in [6.45, 7) is 0.0612. The molecule has 1 fully saturated rings. The number of hydrogen-bond acceptors (Lipinski definition) is 13. The van der Waals surface area contributed by atoms with E-state index in [4.69, 9.17) is 25.4 Å². The van der Waals surface area contributed by atoms with Crippen LogP contribution < -0.4 is 5.73 Å². The molecule has 204 valence electrons. The Bertz CT molecular complexity index is 1430. The van der Waals surface area contributed by atoms with Gasteiger partial charge in [-0.25, -0.2) is 28.5 Å². The molecule has 9 N–H and O–H groups in total. The molecule has 1 aliphatic rings. The first kappa shape index (κ1) is 29.3. The van der Waals surface area contributed by atoms with Crippen LogP contribution in [0.3, 0.4) is 0 Å². The second kappa shape index (κ2) is 10.1. The highest BCUT2D eigenvalue weighted by molar-refractivity contribution is 7.66. The third-order valence-electron chi connectivity index (χ3n) is 4.77. The number of aliphatic hydroxyl groups excluding tert-OH is 1. The van der Waals surface area contributed by atoms with Crippen molar-refractivity contribution in [3.05, 3.63) is 18.1 Å². The molecular weight excluding hydrogens is 569 g/mol. The molecule has 19 nitrogen and oxygen atoms in total. The van der Waals surface area contributed by atoms with Crippen molar-refractivity contribution in [2.45, 2.75) is 31.0 Å². The minimum Gasteiger partial charge on any atom is -0.472 e. The second-order valence-corrected chi connectivity index (χ2v) is 12.0. The molecule has 0 amide bonds. The van der Waals surface area contributed by atoms with Crippen LogP contribution in [0.4, 0.5) is 5.82 Å². The Hall–Kier alpha value is -2.26. The third-order valence-corrected chi connectivity index (χ3v) is 8.57. The standard InChI is InChI=1S/C15H19N4O15P3/c1-15(23)11(22)8(5-31-36(27,28)34-37(29,30)33-35(24,25)26)32-14(15)19-4-7(2-3-9(20)21)10-12(16)17-6-18-13(10)19/h4,6,8,11,14,22-23H,5H2,1H3,(H,20,21)(H,27,28)(H,29,30)(H2,16,17,18)(H2,24,25,26)/t8-,11-,14-,15-/m1/s1. The fourth-order valence-corrected chi connectivity index (χ4v) is 6.38. The van der Waals surface area contributed by atoms with Gasteiger partial charge < -0.3 is 49.9 Å². The van der Waals surface area contributed by atoms with Crippen LogP contribution >= 0.6 is 23.5 Å². The first-order valence-corrected chi connectivity index (χ1v) is 14.1. The van der Waals surface area contributed by atoms with Gasteiger partial charge in [0, 0.05) is 12.1 Å². The molecule has 6 atom stereocenters. The molecule has 3 rings (SSSR count). The molecule has 0 saturated carbocycles. The minimum absolute atomic E-state index is 0.00759. The summed E-state index contributed by atoms with van der Waals surface area (Å²) in [4.78, 5) is 54.7. The largest absolute Gasteiger partial charge is 0.490 e. The number of hydrogen-bond donors (Lipinski definition) is 8. The van der Waals surface area contributed by atoms with Gasteiger partial charge in [-0.1, -0.05) is 5.92 Å². The number of fused-ring (bicyclic) bond motifs is 1. The average Bonchev–Trinajstić information content (AvgIpc) is 3.18. The molecular formula is C15H19N4O15P3. The molecule has 3 heterocycles. The molecule has 2 aromatic heterocycles. The van der Waals surface area contributed by atoms with E-state index in [0.29, 0.717) is 0 Å². The van der Waals surface area contributed by atoms with E-state index in [1.165, 1.54) is 6.20 Å². The van der Waals surface area contributed by atoms with Gasteiger partial charge in [0.05, 0.1) is 17.6 Å². The number of anilines is 1. The number of phosphoric acid groups is 3. The summed E-state index contributed by atoms with van der Waals surface area (Å²) in [7, 11) is -16.9. The number of nitrogens with two attached hydrogens (primary N) is 1. The molecule has 37 heavy (non-hydrogen) atoms. The predicted molar refractivity (Wildman–Crippen MR) is 117 cm³/mol. The van der Waals surface area contributed by atoms with E-state index in [1.54, 1.807) is 0 Å². The number of aliphatic hydroxyl groups is 2. The maximum absolute atomic E-state index is 12.0. The van der Waals surface area contributed by atoms with Crippen LogP contribution in [0.5, 0.6) is 0 Å². The summed E-state index contributed by atoms with van der Waals surface area (Å²) < 4.78 is 52.5. The van der Waals surface area contributed by atoms with Crippen molar-refractivity contribution in [3.8, 4) is 11.8 Å². The Balaban J connectivity index is 1.87. The summed E-state index contributed by atoms with van der Waals surface area (Å²) in [6.07, 6.45) is -2.68. The molecule has 1 aliphatic heterocycles. The molecule has 22 heteroatoms. The van der Waals surface area contributed by atoms with E-state index < -0.39 is 60.1 Å². The van der Waals surface area contributed by atoms with Gasteiger partial charge in [0.1, 0.15) is 35.6 Å². The molecule has 0 radical (unpaired) electrons. The Labute approximate surface area is 205 Å². The number of nitrogen functional groups attached to an aromatic ring is 1. The van der Waals surface area contributed by atoms with Gasteiger partial charge in [0.25, 0.3) is 0 Å². The van der Waals surface area contributed by atoms with E-state index in [0.717, 1.165) is 17.8 Å². The number of ether oxygens (including phenoxy) is 1. The summed E-state index contributed by atoms with van der Waals surface area (Å²) in [5, 5.41) is 30.5. The average molecular weight is 588 g/mol. The highest BCUT2D eigenvalue weighted by Gasteiger charge is 2.54. The maximum atomic E-state index is 12.0. The quantitative estimate of drug-likeness (QED) is 0.133. The zero-order chi connectivity index (χ0) is 28.0. The van der Waals surface area contributed by atoms with Gasteiger partial charge in [-0.3, -0.25) is 4.52 Å². The van der Waals surface area contributed by atoms with Crippen molar-refractivity contribution < 1.29 is 71.3 Å². The van der Waals surface area contributed by atoms with Gasteiger partial charge in [-0.2, -0.15) is 8.62 Å². The van der Waals surface area contributed by atoms with Gasteiger partial charge in [0.15, 0.2) is 6.23 Å². The topological polar surface area (TPSA) is 304 Å². The Morgan fingerprint density at radius 1 is 1.22 bits per heavy atom. The highest BCUT2D eigenvalue weighted by Crippen LogP contribution is 2.66. The van der Waals surface area contributed by atoms with E-state index >= 15 is 0 Å². The van der Waals surface area contributed by atoms with Crippen molar-refractivity contribution in [3.63, 3.8) is 0 Å². The van der Waals surface area contributed by atoms with E-state index in [9.17, 15) is 38.5 Å². The van der Waals surface area contributed by atoms with Gasteiger partial charge in [0.2, 0.25) is 0 Å². The van der Waals surface area contributed by atoms with Crippen molar-refractivity contribution in [2.75, 3.05) is 12.3 Å². The van der Waals surface area contributed by atoms with Gasteiger partial charge >= 0.3 is 29.4 Å². The predicted octanol–water partition coefficient (Wildman–Crippen LogP) is -1.20. The lowest BCUT2D eigenvalue weighted by molar-refractivity contribution is -0.130. The summed E-state index contributed by atoms with van der Waals surface area (Å²) >= 11 is 0. The van der Waals surface area contributed by atoms with Crippen molar-refractivity contribution in [2.24, 2.45) is 0 Å². The summed E-state index contributed by atoms with van der Waals surface area (Å²) in [5.41, 5.74) is 3.73. The van der Waals surface area contributed by atoms with E-state index in [1.807, 2.05) is 5.92 Å². The molecule has 2 unspecified atom stereocenters. The van der Waals surface area contributed by atoms with Crippen LogP contribution in [0.25, 0.3) is 11.0 Å². The number of carboxylic acid groups (broad SMARTS) is 1. The Morgan fingerprint density at radius 3 is 2.46 bits per heavy atom. The van der Waals surface area contributed by atoms with E-state index in [2.05, 4.69) is 29.0 Å². The molecule has 1 saturated heterocycles. The number of rotatable bonds is 8. The lowest BCUT2D eigenvalue weighted by Crippen LogP contribution is -2.44. The van der Waals surface area contributed by atoms with Crippen LogP contribution in [0.2, 0.25) is 0 Å². The monoisotopic (exact) mass is 588 g/mol. The maximum Gasteiger partial charge on any atom is 0.490 e. The molecule has 0 spiro atoms. The molecule has 0 aromatic carbocycles. The summed E-state index contributed by atoms with van der Waals surface area (Å²) in [6, 6.07) is 0. The Morgan fingerprint density at radius 2 is 1.86 bits per heavy atom. The molecule has 0 aliphatic carbocycles. The minimum atomic E-state index is -5.78.